The van der Waals surface area contributed by atoms with Crippen molar-refractivity contribution in [2.75, 3.05) is 18.0 Å². The maximum absolute atomic E-state index is 12.1. The maximum Gasteiger partial charge on any atom is 0.240 e. The molecule has 0 saturated heterocycles. The van der Waals surface area contributed by atoms with Crippen LogP contribution in [0.15, 0.2) is 24.3 Å². The molecule has 0 aliphatic heterocycles. The zero-order chi connectivity index (χ0) is 14.4. The van der Waals surface area contributed by atoms with Gasteiger partial charge in [-0.3, -0.25) is 4.79 Å². The molecule has 0 radical (unpaired) electrons. The highest BCUT2D eigenvalue weighted by atomic mass is 16.2. The third-order valence-corrected chi connectivity index (χ3v) is 3.26. The van der Waals surface area contributed by atoms with Gasteiger partial charge in [-0.15, -0.1) is 0 Å². The Hall–Kier alpha value is -1.35. The summed E-state index contributed by atoms with van der Waals surface area (Å²) in [4.78, 5) is 13.9. The first-order chi connectivity index (χ1) is 8.97. The molecular weight excluding hydrogens is 236 g/mol. The predicted octanol–water partition coefficient (Wildman–Crippen LogP) is 3.15. The summed E-state index contributed by atoms with van der Waals surface area (Å²) >= 11 is 0. The number of hydrogen-bond acceptors (Lipinski definition) is 2. The van der Waals surface area contributed by atoms with Crippen LogP contribution < -0.4 is 10.6 Å². The van der Waals surface area contributed by atoms with Gasteiger partial charge in [-0.05, 0) is 29.9 Å². The first-order valence-corrected chi connectivity index (χ1v) is 7.06. The van der Waals surface area contributed by atoms with Gasteiger partial charge in [0.25, 0.3) is 0 Å². The summed E-state index contributed by atoms with van der Waals surface area (Å²) in [5.74, 6) is 0.955. The Morgan fingerprint density at radius 2 is 1.84 bits per heavy atom. The van der Waals surface area contributed by atoms with E-state index in [2.05, 4.69) is 33.8 Å². The molecule has 3 heteroatoms. The zero-order valence-electron chi connectivity index (χ0n) is 12.5. The molecule has 3 nitrogen and oxygen atoms in total. The van der Waals surface area contributed by atoms with Crippen LogP contribution in [0.1, 0.15) is 45.6 Å². The molecular formula is C16H26N2O. The fourth-order valence-corrected chi connectivity index (χ4v) is 2.10. The van der Waals surface area contributed by atoms with Crippen LogP contribution in [0.3, 0.4) is 0 Å². The zero-order valence-corrected chi connectivity index (χ0v) is 12.5. The molecule has 0 saturated carbocycles. The number of anilines is 1. The standard InChI is InChI=1S/C16H26N2O/c1-12(2)9-10-18(16(19)11-17)15-8-6-5-7-14(15)13(3)4/h5-8,12-13H,9-11,17H2,1-4H3. The molecule has 1 aromatic carbocycles. The van der Waals surface area contributed by atoms with Crippen LogP contribution in [-0.4, -0.2) is 19.0 Å². The number of hydrogen-bond donors (Lipinski definition) is 1. The molecule has 0 unspecified atom stereocenters. The minimum absolute atomic E-state index is 0.00579. The van der Waals surface area contributed by atoms with E-state index in [-0.39, 0.29) is 12.5 Å². The Morgan fingerprint density at radius 3 is 2.37 bits per heavy atom. The Bertz CT molecular complexity index is 413. The summed E-state index contributed by atoms with van der Waals surface area (Å²) in [5, 5.41) is 0. The smallest absolute Gasteiger partial charge is 0.240 e. The second-order valence-electron chi connectivity index (χ2n) is 5.65. The molecule has 0 bridgehead atoms. The van der Waals surface area contributed by atoms with Gasteiger partial charge in [-0.25, -0.2) is 0 Å². The number of benzene rings is 1. The lowest BCUT2D eigenvalue weighted by atomic mass is 10.00. The van der Waals surface area contributed by atoms with Crippen LogP contribution in [0.5, 0.6) is 0 Å². The fourth-order valence-electron chi connectivity index (χ4n) is 2.10. The summed E-state index contributed by atoms with van der Waals surface area (Å²) in [7, 11) is 0. The fraction of sp³-hybridized carbons (Fsp3) is 0.562. The average molecular weight is 262 g/mol. The van der Waals surface area contributed by atoms with Crippen molar-refractivity contribution in [2.24, 2.45) is 11.7 Å². The highest BCUT2D eigenvalue weighted by Gasteiger charge is 2.18. The van der Waals surface area contributed by atoms with Crippen LogP contribution >= 0.6 is 0 Å². The number of amides is 1. The molecule has 2 N–H and O–H groups in total. The largest absolute Gasteiger partial charge is 0.322 e. The van der Waals surface area contributed by atoms with Crippen LogP contribution in [0.25, 0.3) is 0 Å². The lowest BCUT2D eigenvalue weighted by Gasteiger charge is -2.26. The van der Waals surface area contributed by atoms with Gasteiger partial charge in [0.1, 0.15) is 0 Å². The van der Waals surface area contributed by atoms with Crippen molar-refractivity contribution < 1.29 is 4.79 Å². The van der Waals surface area contributed by atoms with Crippen LogP contribution in [0, 0.1) is 5.92 Å². The monoisotopic (exact) mass is 262 g/mol. The summed E-state index contributed by atoms with van der Waals surface area (Å²) in [6, 6.07) is 8.11. The van der Waals surface area contributed by atoms with Gasteiger partial charge in [0.05, 0.1) is 6.54 Å². The van der Waals surface area contributed by atoms with Gasteiger partial charge in [-0.1, -0.05) is 45.9 Å². The predicted molar refractivity (Wildman–Crippen MR) is 81.4 cm³/mol. The minimum Gasteiger partial charge on any atom is -0.322 e. The van der Waals surface area contributed by atoms with Gasteiger partial charge in [0.2, 0.25) is 5.91 Å². The molecule has 0 heterocycles. The van der Waals surface area contributed by atoms with Crippen molar-refractivity contribution in [1.82, 2.24) is 0 Å². The van der Waals surface area contributed by atoms with Crippen molar-refractivity contribution in [2.45, 2.75) is 40.0 Å². The Balaban J connectivity index is 3.06. The number of carbonyl (C=O) groups is 1. The highest BCUT2D eigenvalue weighted by Crippen LogP contribution is 2.27. The van der Waals surface area contributed by atoms with E-state index in [1.807, 2.05) is 23.1 Å². The Kier molecular flexibility index (Phi) is 6.03. The van der Waals surface area contributed by atoms with Crippen molar-refractivity contribution in [1.29, 1.82) is 0 Å². The molecule has 1 amide bonds. The number of para-hydroxylation sites is 1. The van der Waals surface area contributed by atoms with Crippen molar-refractivity contribution >= 4 is 11.6 Å². The molecule has 0 aliphatic rings. The maximum atomic E-state index is 12.1. The molecule has 19 heavy (non-hydrogen) atoms. The van der Waals surface area contributed by atoms with Gasteiger partial charge >= 0.3 is 0 Å². The van der Waals surface area contributed by atoms with Crippen LogP contribution in [0.2, 0.25) is 0 Å². The highest BCUT2D eigenvalue weighted by molar-refractivity contribution is 5.95. The summed E-state index contributed by atoms with van der Waals surface area (Å²) < 4.78 is 0. The third kappa shape index (κ3) is 4.35. The normalized spacial score (nSPS) is 11.1. The SMILES string of the molecule is CC(C)CCN(C(=O)CN)c1ccccc1C(C)C. The summed E-state index contributed by atoms with van der Waals surface area (Å²) in [6.45, 7) is 9.42. The Morgan fingerprint density at radius 1 is 1.21 bits per heavy atom. The van der Waals surface area contributed by atoms with E-state index in [1.54, 1.807) is 0 Å². The lowest BCUT2D eigenvalue weighted by Crippen LogP contribution is -2.38. The van der Waals surface area contributed by atoms with Gasteiger partial charge < -0.3 is 10.6 Å². The molecule has 106 valence electrons. The van der Waals surface area contributed by atoms with Gasteiger partial charge in [-0.2, -0.15) is 0 Å². The summed E-state index contributed by atoms with van der Waals surface area (Å²) in [6.07, 6.45) is 0.984. The molecule has 0 aliphatic carbocycles. The molecule has 1 rings (SSSR count). The third-order valence-electron chi connectivity index (χ3n) is 3.26. The van der Waals surface area contributed by atoms with E-state index in [4.69, 9.17) is 5.73 Å². The molecule has 0 spiro atoms. The minimum atomic E-state index is -0.00579. The van der Waals surface area contributed by atoms with Crippen LogP contribution in [-0.2, 0) is 4.79 Å². The lowest BCUT2D eigenvalue weighted by molar-refractivity contribution is -0.117. The summed E-state index contributed by atoms with van der Waals surface area (Å²) in [5.41, 5.74) is 7.76. The van der Waals surface area contributed by atoms with E-state index in [0.29, 0.717) is 11.8 Å². The van der Waals surface area contributed by atoms with Gasteiger partial charge in [0.15, 0.2) is 0 Å². The molecule has 0 aromatic heterocycles. The Labute approximate surface area is 116 Å². The average Bonchev–Trinajstić information content (AvgIpc) is 2.38. The number of nitrogens with zero attached hydrogens (tertiary/aromatic N) is 1. The van der Waals surface area contributed by atoms with E-state index >= 15 is 0 Å². The molecule has 0 fully saturated rings. The first kappa shape index (κ1) is 15.7. The second-order valence-corrected chi connectivity index (χ2v) is 5.65. The van der Waals surface area contributed by atoms with E-state index < -0.39 is 0 Å². The number of carbonyl (C=O) groups excluding carboxylic acids is 1. The molecule has 0 atom stereocenters. The second kappa shape index (κ2) is 7.29. The number of nitrogens with two attached hydrogens (primary N) is 1. The van der Waals surface area contributed by atoms with Gasteiger partial charge in [0, 0.05) is 12.2 Å². The van der Waals surface area contributed by atoms with E-state index in [0.717, 1.165) is 18.7 Å². The topological polar surface area (TPSA) is 46.3 Å². The van der Waals surface area contributed by atoms with Crippen molar-refractivity contribution in [3.8, 4) is 0 Å². The number of rotatable bonds is 6. The van der Waals surface area contributed by atoms with Crippen molar-refractivity contribution in [3.63, 3.8) is 0 Å². The van der Waals surface area contributed by atoms with E-state index in [1.165, 1.54) is 5.56 Å². The van der Waals surface area contributed by atoms with E-state index in [9.17, 15) is 4.79 Å². The first-order valence-electron chi connectivity index (χ1n) is 7.06. The quantitative estimate of drug-likeness (QED) is 0.856. The van der Waals surface area contributed by atoms with Crippen LogP contribution in [0.4, 0.5) is 5.69 Å². The van der Waals surface area contributed by atoms with Crippen molar-refractivity contribution in [3.05, 3.63) is 29.8 Å². The molecule has 1 aromatic rings.